The molecule has 24 heavy (non-hydrogen) atoms. The first-order chi connectivity index (χ1) is 11.4. The van der Waals surface area contributed by atoms with Crippen LogP contribution in [0.4, 0.5) is 4.39 Å². The Hall–Kier alpha value is -1.95. The molecule has 132 valence electrons. The molecule has 0 saturated carbocycles. The highest BCUT2D eigenvalue weighted by Crippen LogP contribution is 2.20. The third-order valence-electron chi connectivity index (χ3n) is 4.46. The molecule has 2 N–H and O–H groups in total. The molecule has 0 radical (unpaired) electrons. The van der Waals surface area contributed by atoms with E-state index in [-0.39, 0.29) is 18.1 Å². The molecule has 0 aromatic heterocycles. The molecule has 1 aliphatic heterocycles. The summed E-state index contributed by atoms with van der Waals surface area (Å²) < 4.78 is 13.5. The molecule has 6 heteroatoms. The van der Waals surface area contributed by atoms with Crippen molar-refractivity contribution in [3.8, 4) is 0 Å². The fraction of sp³-hybridized carbons (Fsp3) is 0.556. The van der Waals surface area contributed by atoms with Crippen LogP contribution in [0.1, 0.15) is 36.8 Å². The topological polar surface area (TPSA) is 69.6 Å². The number of amides is 1. The normalized spacial score (nSPS) is 18.3. The zero-order valence-corrected chi connectivity index (χ0v) is 14.1. The van der Waals surface area contributed by atoms with Crippen molar-refractivity contribution in [3.05, 3.63) is 35.1 Å². The number of likely N-dealkylation sites (tertiary alicyclic amines) is 1. The second kappa shape index (κ2) is 8.78. The van der Waals surface area contributed by atoms with Gasteiger partial charge in [0.25, 0.3) is 0 Å². The van der Waals surface area contributed by atoms with Gasteiger partial charge in [0.15, 0.2) is 0 Å². The molecule has 0 aliphatic carbocycles. The van der Waals surface area contributed by atoms with Crippen LogP contribution in [0, 0.1) is 18.7 Å². The fourth-order valence-electron chi connectivity index (χ4n) is 3.06. The van der Waals surface area contributed by atoms with Crippen molar-refractivity contribution in [3.63, 3.8) is 0 Å². The van der Waals surface area contributed by atoms with Gasteiger partial charge >= 0.3 is 5.97 Å². The van der Waals surface area contributed by atoms with E-state index in [9.17, 15) is 14.0 Å². The SMILES string of the molecule is Cc1ccc(CNC(=O)CN2CCCC(CCC(=O)O)C2)cc1F. The number of aryl methyl sites for hydroxylation is 1. The first kappa shape index (κ1) is 18.4. The number of piperidine rings is 1. The smallest absolute Gasteiger partial charge is 0.303 e. The van der Waals surface area contributed by atoms with Crippen molar-refractivity contribution in [2.75, 3.05) is 19.6 Å². The lowest BCUT2D eigenvalue weighted by Gasteiger charge is -2.32. The minimum Gasteiger partial charge on any atom is -0.481 e. The van der Waals surface area contributed by atoms with E-state index in [0.717, 1.165) is 31.5 Å². The molecule has 1 amide bonds. The first-order valence-corrected chi connectivity index (χ1v) is 8.40. The molecular weight excluding hydrogens is 311 g/mol. The number of carbonyl (C=O) groups excluding carboxylic acids is 1. The highest BCUT2D eigenvalue weighted by molar-refractivity contribution is 5.78. The quantitative estimate of drug-likeness (QED) is 0.802. The van der Waals surface area contributed by atoms with Crippen molar-refractivity contribution in [2.45, 2.75) is 39.2 Å². The van der Waals surface area contributed by atoms with Crippen LogP contribution < -0.4 is 5.32 Å². The third kappa shape index (κ3) is 5.92. The summed E-state index contributed by atoms with van der Waals surface area (Å²) in [6, 6.07) is 4.95. The summed E-state index contributed by atoms with van der Waals surface area (Å²) in [6.45, 7) is 3.94. The Kier molecular flexibility index (Phi) is 6.73. The fourth-order valence-corrected chi connectivity index (χ4v) is 3.06. The third-order valence-corrected chi connectivity index (χ3v) is 4.46. The Labute approximate surface area is 141 Å². The van der Waals surface area contributed by atoms with Gasteiger partial charge in [-0.3, -0.25) is 14.5 Å². The summed E-state index contributed by atoms with van der Waals surface area (Å²) in [5, 5.41) is 11.6. The number of nitrogens with zero attached hydrogens (tertiary/aromatic N) is 1. The number of hydrogen-bond acceptors (Lipinski definition) is 3. The minimum absolute atomic E-state index is 0.0881. The summed E-state index contributed by atoms with van der Waals surface area (Å²) in [4.78, 5) is 24.8. The van der Waals surface area contributed by atoms with Crippen molar-refractivity contribution < 1.29 is 19.1 Å². The number of nitrogens with one attached hydrogen (secondary N) is 1. The lowest BCUT2D eigenvalue weighted by Crippen LogP contribution is -2.42. The Morgan fingerprint density at radius 2 is 2.21 bits per heavy atom. The number of benzene rings is 1. The molecule has 1 unspecified atom stereocenters. The van der Waals surface area contributed by atoms with Gasteiger partial charge in [0, 0.05) is 19.5 Å². The van der Waals surface area contributed by atoms with E-state index in [0.29, 0.717) is 31.0 Å². The number of halogens is 1. The Balaban J connectivity index is 1.75. The average Bonchev–Trinajstić information content (AvgIpc) is 2.54. The highest BCUT2D eigenvalue weighted by Gasteiger charge is 2.22. The Morgan fingerprint density at radius 3 is 2.92 bits per heavy atom. The molecule has 1 aromatic rings. The van der Waals surface area contributed by atoms with Gasteiger partial charge in [-0.1, -0.05) is 12.1 Å². The van der Waals surface area contributed by atoms with Crippen molar-refractivity contribution in [1.82, 2.24) is 10.2 Å². The Bertz CT molecular complexity index is 592. The number of rotatable bonds is 7. The standard InChI is InChI=1S/C18H25FN2O3/c1-13-4-5-15(9-16(13)19)10-20-17(22)12-21-8-2-3-14(11-21)6-7-18(23)24/h4-5,9,14H,2-3,6-8,10-12H2,1H3,(H,20,22)(H,23,24). The van der Waals surface area contributed by atoms with Gasteiger partial charge in [0.1, 0.15) is 5.82 Å². The van der Waals surface area contributed by atoms with Crippen molar-refractivity contribution in [2.24, 2.45) is 5.92 Å². The molecule has 5 nitrogen and oxygen atoms in total. The number of aliphatic carboxylic acids is 1. The van der Waals surface area contributed by atoms with Crippen molar-refractivity contribution in [1.29, 1.82) is 0 Å². The van der Waals surface area contributed by atoms with Gasteiger partial charge in [0.2, 0.25) is 5.91 Å². The Morgan fingerprint density at radius 1 is 1.42 bits per heavy atom. The monoisotopic (exact) mass is 336 g/mol. The van der Waals surface area contributed by atoms with Crippen LogP contribution in [0.3, 0.4) is 0 Å². The largest absolute Gasteiger partial charge is 0.481 e. The first-order valence-electron chi connectivity index (χ1n) is 8.40. The summed E-state index contributed by atoms with van der Waals surface area (Å²) in [5.41, 5.74) is 1.33. The van der Waals surface area contributed by atoms with Crippen LogP contribution in [0.25, 0.3) is 0 Å². The number of carboxylic acid groups (broad SMARTS) is 1. The number of hydrogen-bond donors (Lipinski definition) is 2. The van der Waals surface area contributed by atoms with Crippen molar-refractivity contribution >= 4 is 11.9 Å². The van der Waals surface area contributed by atoms with Gasteiger partial charge in [-0.2, -0.15) is 0 Å². The average molecular weight is 336 g/mol. The number of carboxylic acids is 1. The van der Waals surface area contributed by atoms with Gasteiger partial charge < -0.3 is 10.4 Å². The van der Waals surface area contributed by atoms with Gasteiger partial charge in [0.05, 0.1) is 6.54 Å². The highest BCUT2D eigenvalue weighted by atomic mass is 19.1. The summed E-state index contributed by atoms with van der Waals surface area (Å²) in [6.07, 6.45) is 2.86. The van der Waals surface area contributed by atoms with Crippen LogP contribution in [0.2, 0.25) is 0 Å². The summed E-state index contributed by atoms with van der Waals surface area (Å²) in [7, 11) is 0. The summed E-state index contributed by atoms with van der Waals surface area (Å²) >= 11 is 0. The predicted molar refractivity (Wildman–Crippen MR) is 89.0 cm³/mol. The zero-order chi connectivity index (χ0) is 17.5. The number of carbonyl (C=O) groups is 2. The van der Waals surface area contributed by atoms with Crippen LogP contribution in [0.5, 0.6) is 0 Å². The zero-order valence-electron chi connectivity index (χ0n) is 14.1. The lowest BCUT2D eigenvalue weighted by atomic mass is 9.93. The van der Waals surface area contributed by atoms with E-state index in [1.54, 1.807) is 13.0 Å². The molecule has 1 heterocycles. The molecule has 1 atom stereocenters. The second-order valence-corrected chi connectivity index (χ2v) is 6.54. The summed E-state index contributed by atoms with van der Waals surface area (Å²) in [5.74, 6) is -0.780. The molecule has 1 aliphatic rings. The molecule has 1 fully saturated rings. The van der Waals surface area contributed by atoms with E-state index in [1.165, 1.54) is 6.07 Å². The lowest BCUT2D eigenvalue weighted by molar-refractivity contribution is -0.137. The molecule has 1 saturated heterocycles. The molecule has 0 bridgehead atoms. The van der Waals surface area contributed by atoms with E-state index < -0.39 is 5.97 Å². The van der Waals surface area contributed by atoms with Gasteiger partial charge in [-0.15, -0.1) is 0 Å². The van der Waals surface area contributed by atoms with Crippen LogP contribution in [-0.2, 0) is 16.1 Å². The van der Waals surface area contributed by atoms with E-state index >= 15 is 0 Å². The molecule has 0 spiro atoms. The van der Waals surface area contributed by atoms with E-state index in [1.807, 2.05) is 6.07 Å². The molecule has 1 aromatic carbocycles. The van der Waals surface area contributed by atoms with E-state index in [2.05, 4.69) is 10.2 Å². The predicted octanol–water partition coefficient (Wildman–Crippen LogP) is 2.33. The van der Waals surface area contributed by atoms with Gasteiger partial charge in [-0.25, -0.2) is 4.39 Å². The maximum absolute atomic E-state index is 13.5. The molecule has 2 rings (SSSR count). The van der Waals surface area contributed by atoms with Crippen LogP contribution >= 0.6 is 0 Å². The van der Waals surface area contributed by atoms with Crippen LogP contribution in [-0.4, -0.2) is 41.5 Å². The maximum Gasteiger partial charge on any atom is 0.303 e. The van der Waals surface area contributed by atoms with Crippen LogP contribution in [0.15, 0.2) is 18.2 Å². The molecular formula is C18H25FN2O3. The second-order valence-electron chi connectivity index (χ2n) is 6.54. The maximum atomic E-state index is 13.5. The van der Waals surface area contributed by atoms with E-state index in [4.69, 9.17) is 5.11 Å². The minimum atomic E-state index is -0.768. The van der Waals surface area contributed by atoms with Gasteiger partial charge in [-0.05, 0) is 55.8 Å².